The molecule has 18 heavy (non-hydrogen) atoms. The molecule has 1 aromatic rings. The van der Waals surface area contributed by atoms with Gasteiger partial charge in [0.15, 0.2) is 5.82 Å². The number of rotatable bonds is 5. The van der Waals surface area contributed by atoms with E-state index in [1.165, 1.54) is 25.9 Å². The standard InChI is InChI=1S/C13H24N4O/c1-10(12-5-8-17(3)9-6-12)14-7-4-13-15-11(2)18-16-13/h10,12,14H,4-9H2,1-3H3. The van der Waals surface area contributed by atoms with E-state index in [1.807, 2.05) is 6.92 Å². The van der Waals surface area contributed by atoms with Crippen LogP contribution in [0.2, 0.25) is 0 Å². The van der Waals surface area contributed by atoms with Crippen LogP contribution in [0.15, 0.2) is 4.52 Å². The lowest BCUT2D eigenvalue weighted by Crippen LogP contribution is -2.41. The number of piperidine rings is 1. The average Bonchev–Trinajstić information content (AvgIpc) is 2.76. The zero-order valence-electron chi connectivity index (χ0n) is 11.6. The summed E-state index contributed by atoms with van der Waals surface area (Å²) in [5.74, 6) is 2.25. The van der Waals surface area contributed by atoms with Gasteiger partial charge in [0, 0.05) is 25.9 Å². The van der Waals surface area contributed by atoms with Crippen molar-refractivity contribution in [3.05, 3.63) is 11.7 Å². The Morgan fingerprint density at radius 2 is 2.17 bits per heavy atom. The predicted octanol–water partition coefficient (Wildman–Crippen LogP) is 1.24. The first-order chi connectivity index (χ1) is 8.65. The number of hydrogen-bond acceptors (Lipinski definition) is 5. The highest BCUT2D eigenvalue weighted by Crippen LogP contribution is 2.19. The fraction of sp³-hybridized carbons (Fsp3) is 0.846. The molecular weight excluding hydrogens is 228 g/mol. The van der Waals surface area contributed by atoms with Crippen LogP contribution in [-0.2, 0) is 6.42 Å². The van der Waals surface area contributed by atoms with Gasteiger partial charge >= 0.3 is 0 Å². The van der Waals surface area contributed by atoms with Gasteiger partial charge in [-0.15, -0.1) is 0 Å². The number of likely N-dealkylation sites (tertiary alicyclic amines) is 1. The molecule has 1 unspecified atom stereocenters. The van der Waals surface area contributed by atoms with Crippen LogP contribution in [0.5, 0.6) is 0 Å². The van der Waals surface area contributed by atoms with Crippen molar-refractivity contribution in [3.63, 3.8) is 0 Å². The summed E-state index contributed by atoms with van der Waals surface area (Å²) < 4.78 is 4.96. The maximum Gasteiger partial charge on any atom is 0.223 e. The molecule has 1 aromatic heterocycles. The summed E-state index contributed by atoms with van der Waals surface area (Å²) in [5.41, 5.74) is 0. The Hall–Kier alpha value is -0.940. The first-order valence-corrected chi connectivity index (χ1v) is 6.86. The lowest BCUT2D eigenvalue weighted by atomic mass is 9.90. The highest BCUT2D eigenvalue weighted by Gasteiger charge is 2.21. The van der Waals surface area contributed by atoms with Gasteiger partial charge in [-0.1, -0.05) is 5.16 Å². The van der Waals surface area contributed by atoms with Crippen LogP contribution in [-0.4, -0.2) is 47.8 Å². The molecule has 1 saturated heterocycles. The first kappa shape index (κ1) is 13.5. The highest BCUT2D eigenvalue weighted by molar-refractivity contribution is 4.85. The van der Waals surface area contributed by atoms with Crippen molar-refractivity contribution < 1.29 is 4.52 Å². The molecule has 0 amide bonds. The van der Waals surface area contributed by atoms with E-state index in [4.69, 9.17) is 4.52 Å². The number of nitrogens with one attached hydrogen (secondary N) is 1. The lowest BCUT2D eigenvalue weighted by Gasteiger charge is -2.33. The summed E-state index contributed by atoms with van der Waals surface area (Å²) in [7, 11) is 2.20. The predicted molar refractivity (Wildman–Crippen MR) is 70.4 cm³/mol. The molecule has 5 heteroatoms. The molecule has 1 fully saturated rings. The lowest BCUT2D eigenvalue weighted by molar-refractivity contribution is 0.190. The summed E-state index contributed by atoms with van der Waals surface area (Å²) in [6, 6.07) is 0.576. The Bertz CT molecular complexity index is 358. The average molecular weight is 252 g/mol. The molecule has 2 rings (SSSR count). The van der Waals surface area contributed by atoms with Gasteiger partial charge < -0.3 is 14.7 Å². The smallest absolute Gasteiger partial charge is 0.223 e. The minimum Gasteiger partial charge on any atom is -0.340 e. The van der Waals surface area contributed by atoms with Gasteiger partial charge in [-0.25, -0.2) is 0 Å². The summed E-state index contributed by atoms with van der Waals surface area (Å²) in [4.78, 5) is 6.61. The molecule has 0 aliphatic carbocycles. The van der Waals surface area contributed by atoms with E-state index in [0.717, 1.165) is 24.7 Å². The second kappa shape index (κ2) is 6.29. The zero-order valence-corrected chi connectivity index (χ0v) is 11.6. The number of nitrogens with zero attached hydrogens (tertiary/aromatic N) is 3. The van der Waals surface area contributed by atoms with Crippen molar-refractivity contribution in [3.8, 4) is 0 Å². The fourth-order valence-electron chi connectivity index (χ4n) is 2.55. The number of aromatic nitrogens is 2. The van der Waals surface area contributed by atoms with Crippen LogP contribution in [0.1, 0.15) is 31.5 Å². The van der Waals surface area contributed by atoms with Crippen molar-refractivity contribution in [1.29, 1.82) is 0 Å². The monoisotopic (exact) mass is 252 g/mol. The van der Waals surface area contributed by atoms with E-state index in [1.54, 1.807) is 0 Å². The third-order valence-corrected chi connectivity index (χ3v) is 3.85. The zero-order chi connectivity index (χ0) is 13.0. The van der Waals surface area contributed by atoms with Gasteiger partial charge in [-0.05, 0) is 45.8 Å². The third-order valence-electron chi connectivity index (χ3n) is 3.85. The maximum atomic E-state index is 4.96. The van der Waals surface area contributed by atoms with Crippen LogP contribution in [0.3, 0.4) is 0 Å². The Labute approximate surface area is 109 Å². The Kier molecular flexibility index (Phi) is 4.72. The quantitative estimate of drug-likeness (QED) is 0.854. The van der Waals surface area contributed by atoms with Crippen LogP contribution in [0.25, 0.3) is 0 Å². The molecular formula is C13H24N4O. The van der Waals surface area contributed by atoms with Gasteiger partial charge in [-0.2, -0.15) is 4.98 Å². The van der Waals surface area contributed by atoms with E-state index in [9.17, 15) is 0 Å². The van der Waals surface area contributed by atoms with E-state index < -0.39 is 0 Å². The molecule has 5 nitrogen and oxygen atoms in total. The number of aryl methyl sites for hydroxylation is 1. The summed E-state index contributed by atoms with van der Waals surface area (Å²) in [5, 5.41) is 7.49. The van der Waals surface area contributed by atoms with Gasteiger partial charge in [0.25, 0.3) is 0 Å². The molecule has 0 saturated carbocycles. The van der Waals surface area contributed by atoms with Crippen molar-refractivity contribution in [1.82, 2.24) is 20.4 Å². The molecule has 1 aliphatic rings. The van der Waals surface area contributed by atoms with Crippen molar-refractivity contribution in [2.45, 2.75) is 39.2 Å². The minimum absolute atomic E-state index is 0.576. The molecule has 0 radical (unpaired) electrons. The van der Waals surface area contributed by atoms with Crippen LogP contribution >= 0.6 is 0 Å². The molecule has 102 valence electrons. The molecule has 0 aromatic carbocycles. The molecule has 2 heterocycles. The SMILES string of the molecule is Cc1nc(CCNC(C)C2CCN(C)CC2)no1. The molecule has 1 aliphatic heterocycles. The van der Waals surface area contributed by atoms with Crippen molar-refractivity contribution in [2.24, 2.45) is 5.92 Å². The van der Waals surface area contributed by atoms with Crippen LogP contribution in [0.4, 0.5) is 0 Å². The Balaban J connectivity index is 1.67. The van der Waals surface area contributed by atoms with E-state index in [-0.39, 0.29) is 0 Å². The van der Waals surface area contributed by atoms with E-state index in [0.29, 0.717) is 11.9 Å². The van der Waals surface area contributed by atoms with Crippen LogP contribution in [0, 0.1) is 12.8 Å². The number of hydrogen-bond donors (Lipinski definition) is 1. The van der Waals surface area contributed by atoms with E-state index in [2.05, 4.69) is 34.3 Å². The second-order valence-electron chi connectivity index (χ2n) is 5.36. The Morgan fingerprint density at radius 1 is 1.44 bits per heavy atom. The molecule has 1 N–H and O–H groups in total. The normalized spacial score (nSPS) is 20.2. The fourth-order valence-corrected chi connectivity index (χ4v) is 2.55. The van der Waals surface area contributed by atoms with Gasteiger partial charge in [-0.3, -0.25) is 0 Å². The van der Waals surface area contributed by atoms with Gasteiger partial charge in [0.2, 0.25) is 5.89 Å². The highest BCUT2D eigenvalue weighted by atomic mass is 16.5. The van der Waals surface area contributed by atoms with E-state index >= 15 is 0 Å². The molecule has 0 bridgehead atoms. The summed E-state index contributed by atoms with van der Waals surface area (Å²) in [6.45, 7) is 7.48. The second-order valence-corrected chi connectivity index (χ2v) is 5.36. The molecule has 0 spiro atoms. The topological polar surface area (TPSA) is 54.2 Å². The van der Waals surface area contributed by atoms with Crippen LogP contribution < -0.4 is 5.32 Å². The summed E-state index contributed by atoms with van der Waals surface area (Å²) in [6.07, 6.45) is 3.44. The minimum atomic E-state index is 0.576. The molecule has 1 atom stereocenters. The Morgan fingerprint density at radius 3 is 2.78 bits per heavy atom. The van der Waals surface area contributed by atoms with Gasteiger partial charge in [0.05, 0.1) is 0 Å². The van der Waals surface area contributed by atoms with Crippen molar-refractivity contribution in [2.75, 3.05) is 26.7 Å². The van der Waals surface area contributed by atoms with Gasteiger partial charge in [0.1, 0.15) is 0 Å². The first-order valence-electron chi connectivity index (χ1n) is 6.86. The van der Waals surface area contributed by atoms with Crippen molar-refractivity contribution >= 4 is 0 Å². The maximum absolute atomic E-state index is 4.96. The largest absolute Gasteiger partial charge is 0.340 e. The summed E-state index contributed by atoms with van der Waals surface area (Å²) >= 11 is 0. The third kappa shape index (κ3) is 3.78.